The van der Waals surface area contributed by atoms with Crippen molar-refractivity contribution in [3.63, 3.8) is 0 Å². The molecule has 0 bridgehead atoms. The van der Waals surface area contributed by atoms with Crippen molar-refractivity contribution in [1.29, 1.82) is 0 Å². The third-order valence-corrected chi connectivity index (χ3v) is 2.96. The number of hydrogen-bond acceptors (Lipinski definition) is 2. The minimum Gasteiger partial charge on any atom is -0.667 e. The molecule has 1 aromatic heterocycles. The molecule has 1 aliphatic rings. The summed E-state index contributed by atoms with van der Waals surface area (Å²) in [6, 6.07) is 3.57. The highest BCUT2D eigenvalue weighted by atomic mass is 16.1. The van der Waals surface area contributed by atoms with E-state index in [0.29, 0.717) is 11.3 Å². The Labute approximate surface area is 88.2 Å². The zero-order valence-corrected chi connectivity index (χ0v) is 8.78. The van der Waals surface area contributed by atoms with Crippen molar-refractivity contribution in [2.45, 2.75) is 25.7 Å². The molecule has 1 aliphatic carbocycles. The summed E-state index contributed by atoms with van der Waals surface area (Å²) >= 11 is 0. The molecule has 0 fully saturated rings. The van der Waals surface area contributed by atoms with Crippen molar-refractivity contribution in [3.05, 3.63) is 35.7 Å². The molecule has 78 valence electrons. The number of hydrogen-bond donors (Lipinski definition) is 0. The molecule has 0 saturated carbocycles. The first-order valence-corrected chi connectivity index (χ1v) is 4.88. The monoisotopic (exact) mass is 202 g/mol. The van der Waals surface area contributed by atoms with Gasteiger partial charge in [0.25, 0.3) is 0 Å². The molecule has 0 radical (unpaired) electrons. The van der Waals surface area contributed by atoms with Gasteiger partial charge in [-0.3, -0.25) is 9.59 Å². The predicted octanol–water partition coefficient (Wildman–Crippen LogP) is 1.39. The normalized spacial score (nSPS) is 26.7. The summed E-state index contributed by atoms with van der Waals surface area (Å²) in [4.78, 5) is 27.6. The molecule has 0 aliphatic heterocycles. The molecule has 3 nitrogen and oxygen atoms in total. The summed E-state index contributed by atoms with van der Waals surface area (Å²) in [6.45, 7) is 3.46. The molecule has 3 heteroatoms. The van der Waals surface area contributed by atoms with E-state index < -0.39 is 5.41 Å². The van der Waals surface area contributed by atoms with E-state index >= 15 is 0 Å². The van der Waals surface area contributed by atoms with Crippen LogP contribution >= 0.6 is 0 Å². The highest BCUT2D eigenvalue weighted by Gasteiger charge is 2.36. The molecule has 15 heavy (non-hydrogen) atoms. The van der Waals surface area contributed by atoms with E-state index in [1.165, 1.54) is 6.08 Å². The lowest BCUT2D eigenvalue weighted by Crippen LogP contribution is -2.38. The van der Waals surface area contributed by atoms with Crippen molar-refractivity contribution < 1.29 is 9.59 Å². The zero-order chi connectivity index (χ0) is 11.1. The highest BCUT2D eigenvalue weighted by Crippen LogP contribution is 2.32. The van der Waals surface area contributed by atoms with E-state index in [4.69, 9.17) is 0 Å². The molecular weight excluding hydrogens is 190 g/mol. The SMILES string of the molecule is CC1=CC(=O)C(C)(c2ccc[n-]2)CC1=O. The number of allylic oxidation sites excluding steroid dienone is 2. The molecule has 0 aromatic carbocycles. The van der Waals surface area contributed by atoms with Gasteiger partial charge in [0.1, 0.15) is 0 Å². The lowest BCUT2D eigenvalue weighted by atomic mass is 9.73. The second kappa shape index (κ2) is 3.19. The maximum atomic E-state index is 11.9. The van der Waals surface area contributed by atoms with Gasteiger partial charge in [0.05, 0.1) is 0 Å². The minimum atomic E-state index is -0.764. The number of carbonyl (C=O) groups excluding carboxylic acids is 2. The highest BCUT2D eigenvalue weighted by molar-refractivity contribution is 6.12. The van der Waals surface area contributed by atoms with Gasteiger partial charge >= 0.3 is 0 Å². The van der Waals surface area contributed by atoms with E-state index in [2.05, 4.69) is 4.98 Å². The molecule has 1 atom stereocenters. The lowest BCUT2D eigenvalue weighted by molar-refractivity contribution is -0.126. The summed E-state index contributed by atoms with van der Waals surface area (Å²) in [5.74, 6) is -0.00148. The van der Waals surface area contributed by atoms with E-state index in [9.17, 15) is 9.59 Å². The Balaban J connectivity index is 2.47. The Morgan fingerprint density at radius 3 is 2.73 bits per heavy atom. The molecular formula is C12H12NO2-. The van der Waals surface area contributed by atoms with Crippen LogP contribution in [0.4, 0.5) is 0 Å². The van der Waals surface area contributed by atoms with Gasteiger partial charge in [-0.25, -0.2) is 0 Å². The number of aromatic nitrogens is 1. The van der Waals surface area contributed by atoms with Crippen molar-refractivity contribution in [2.24, 2.45) is 0 Å². The minimum absolute atomic E-state index is 0.0279. The topological polar surface area (TPSA) is 48.2 Å². The van der Waals surface area contributed by atoms with Crippen molar-refractivity contribution in [1.82, 2.24) is 4.98 Å². The summed E-state index contributed by atoms with van der Waals surface area (Å²) in [6.07, 6.45) is 3.30. The van der Waals surface area contributed by atoms with Crippen LogP contribution in [-0.2, 0) is 15.0 Å². The second-order valence-electron chi connectivity index (χ2n) is 4.15. The maximum absolute atomic E-state index is 11.9. The standard InChI is InChI=1S/C12H12NO2/c1-8-6-11(15)12(2,7-9(8)14)10-4-3-5-13-10/h3-6H,7H2,1-2H3/q-1. The summed E-state index contributed by atoms with van der Waals surface area (Å²) in [5, 5.41) is 0. The third-order valence-electron chi connectivity index (χ3n) is 2.96. The summed E-state index contributed by atoms with van der Waals surface area (Å²) in [5.41, 5.74) is 0.466. The molecule has 1 aromatic rings. The molecule has 2 rings (SSSR count). The fourth-order valence-corrected chi connectivity index (χ4v) is 1.83. The van der Waals surface area contributed by atoms with Crippen LogP contribution in [0.1, 0.15) is 26.0 Å². The Kier molecular flexibility index (Phi) is 2.11. The average Bonchev–Trinajstić information content (AvgIpc) is 2.68. The summed E-state index contributed by atoms with van der Waals surface area (Å²) in [7, 11) is 0. The van der Waals surface area contributed by atoms with Crippen molar-refractivity contribution in [3.8, 4) is 0 Å². The Bertz CT molecular complexity index is 442. The Morgan fingerprint density at radius 2 is 2.13 bits per heavy atom. The first-order valence-electron chi connectivity index (χ1n) is 4.88. The van der Waals surface area contributed by atoms with Gasteiger partial charge in [-0.1, -0.05) is 12.1 Å². The number of carbonyl (C=O) groups is 2. The molecule has 0 N–H and O–H groups in total. The van der Waals surface area contributed by atoms with E-state index in [1.54, 1.807) is 32.2 Å². The smallest absolute Gasteiger partial charge is 0.164 e. The van der Waals surface area contributed by atoms with Crippen LogP contribution in [-0.4, -0.2) is 11.6 Å². The summed E-state index contributed by atoms with van der Waals surface area (Å²) < 4.78 is 0. The Hall–Kier alpha value is -1.64. The van der Waals surface area contributed by atoms with E-state index in [1.807, 2.05) is 0 Å². The molecule has 0 spiro atoms. The van der Waals surface area contributed by atoms with Crippen molar-refractivity contribution >= 4 is 11.6 Å². The average molecular weight is 202 g/mol. The quantitative estimate of drug-likeness (QED) is 0.691. The first-order chi connectivity index (χ1) is 7.04. The van der Waals surface area contributed by atoms with Gasteiger partial charge < -0.3 is 4.98 Å². The largest absolute Gasteiger partial charge is 0.667 e. The molecule has 0 saturated heterocycles. The lowest BCUT2D eigenvalue weighted by Gasteiger charge is -2.33. The first kappa shape index (κ1) is 9.90. The number of nitrogens with zero attached hydrogens (tertiary/aromatic N) is 1. The maximum Gasteiger partial charge on any atom is 0.164 e. The number of rotatable bonds is 1. The molecule has 1 heterocycles. The molecule has 1 unspecified atom stereocenters. The zero-order valence-electron chi connectivity index (χ0n) is 8.78. The molecule has 0 amide bonds. The number of ketones is 2. The Morgan fingerprint density at radius 1 is 1.40 bits per heavy atom. The van der Waals surface area contributed by atoms with Gasteiger partial charge in [-0.2, -0.15) is 6.20 Å². The van der Waals surface area contributed by atoms with Crippen LogP contribution in [0.5, 0.6) is 0 Å². The van der Waals surface area contributed by atoms with Crippen LogP contribution in [0.25, 0.3) is 0 Å². The fourth-order valence-electron chi connectivity index (χ4n) is 1.83. The van der Waals surface area contributed by atoms with Gasteiger partial charge in [0.2, 0.25) is 0 Å². The van der Waals surface area contributed by atoms with Crippen molar-refractivity contribution in [2.75, 3.05) is 0 Å². The van der Waals surface area contributed by atoms with Crippen LogP contribution in [0.3, 0.4) is 0 Å². The van der Waals surface area contributed by atoms with E-state index in [0.717, 1.165) is 0 Å². The predicted molar refractivity (Wildman–Crippen MR) is 55.5 cm³/mol. The van der Waals surface area contributed by atoms with Crippen LogP contribution in [0, 0.1) is 0 Å². The van der Waals surface area contributed by atoms with Gasteiger partial charge in [0.15, 0.2) is 11.6 Å². The van der Waals surface area contributed by atoms with Crippen LogP contribution < -0.4 is 4.98 Å². The van der Waals surface area contributed by atoms with Gasteiger partial charge in [0, 0.05) is 11.8 Å². The van der Waals surface area contributed by atoms with Crippen LogP contribution in [0.2, 0.25) is 0 Å². The van der Waals surface area contributed by atoms with Gasteiger partial charge in [-0.05, 0) is 25.5 Å². The van der Waals surface area contributed by atoms with Gasteiger partial charge in [-0.15, -0.1) is 5.69 Å². The third kappa shape index (κ3) is 1.44. The number of Topliss-reactive ketones (excluding diaryl/α,β-unsaturated/α-hetero) is 1. The van der Waals surface area contributed by atoms with E-state index in [-0.39, 0.29) is 18.0 Å². The van der Waals surface area contributed by atoms with Crippen LogP contribution in [0.15, 0.2) is 30.0 Å². The fraction of sp³-hybridized carbons (Fsp3) is 0.333. The second-order valence-corrected chi connectivity index (χ2v) is 4.15.